The zero-order chi connectivity index (χ0) is 27.1. The zero-order valence-corrected chi connectivity index (χ0v) is 21.7. The third-order valence-electron chi connectivity index (χ3n) is 7.14. The lowest BCUT2D eigenvalue weighted by molar-refractivity contribution is -0.144. The van der Waals surface area contributed by atoms with Crippen LogP contribution in [0.3, 0.4) is 0 Å². The third kappa shape index (κ3) is 7.21. The van der Waals surface area contributed by atoms with Crippen LogP contribution in [0.4, 0.5) is 0 Å². The molecule has 1 aromatic carbocycles. The van der Waals surface area contributed by atoms with Gasteiger partial charge in [0, 0.05) is 25.7 Å². The predicted octanol–water partition coefficient (Wildman–Crippen LogP) is -0.933. The molecule has 8 N–H and O–H groups in total. The van der Waals surface area contributed by atoms with E-state index in [9.17, 15) is 28.1 Å². The first-order valence-corrected chi connectivity index (χ1v) is 14.1. The Bertz CT molecular complexity index is 1050. The summed E-state index contributed by atoms with van der Waals surface area (Å²) in [5, 5.41) is 25.2. The van der Waals surface area contributed by atoms with E-state index in [4.69, 9.17) is 11.5 Å². The first-order chi connectivity index (χ1) is 17.6. The molecule has 1 saturated carbocycles. The van der Waals surface area contributed by atoms with Crippen molar-refractivity contribution in [2.45, 2.75) is 68.2 Å². The first-order valence-electron chi connectivity index (χ1n) is 12.6. The number of piperidine rings is 1. The summed E-state index contributed by atoms with van der Waals surface area (Å²) in [5.41, 5.74) is 9.29. The zero-order valence-electron chi connectivity index (χ0n) is 20.9. The highest BCUT2D eigenvalue weighted by atomic mass is 32.2. The fraction of sp³-hybridized carbons (Fsp3) is 0.609. The molecule has 2 amide bonds. The van der Waals surface area contributed by atoms with Crippen molar-refractivity contribution in [2.75, 3.05) is 19.6 Å². The Morgan fingerprint density at radius 2 is 1.73 bits per heavy atom. The van der Waals surface area contributed by atoms with Gasteiger partial charge < -0.3 is 32.1 Å². The minimum Gasteiger partial charge on any atom is -0.426 e. The lowest BCUT2D eigenvalue weighted by Crippen LogP contribution is -2.57. The van der Waals surface area contributed by atoms with Gasteiger partial charge in [0.05, 0.1) is 10.8 Å². The molecule has 37 heavy (non-hydrogen) atoms. The Labute approximate surface area is 218 Å². The second-order valence-electron chi connectivity index (χ2n) is 9.70. The van der Waals surface area contributed by atoms with Crippen molar-refractivity contribution in [3.8, 4) is 0 Å². The number of benzene rings is 1. The van der Waals surface area contributed by atoms with Gasteiger partial charge in [0.15, 0.2) is 5.96 Å². The van der Waals surface area contributed by atoms with E-state index in [1.54, 1.807) is 30.3 Å². The van der Waals surface area contributed by atoms with E-state index < -0.39 is 40.3 Å². The monoisotopic (exact) mass is 536 g/mol. The number of rotatable bonds is 11. The maximum absolute atomic E-state index is 13.4. The van der Waals surface area contributed by atoms with Gasteiger partial charge in [0.1, 0.15) is 5.41 Å². The molecule has 1 aromatic rings. The molecule has 204 valence electrons. The molecule has 12 nitrogen and oxygen atoms in total. The summed E-state index contributed by atoms with van der Waals surface area (Å²) in [5.74, 6) is -1.99. The molecule has 1 saturated heterocycles. The molecule has 1 aliphatic heterocycles. The molecule has 3 rings (SSSR count). The number of aliphatic imine (C=N–C) groups is 1. The number of carbonyl (C=O) groups excluding carboxylic acids is 2. The highest BCUT2D eigenvalue weighted by Crippen LogP contribution is 2.39. The molecule has 1 heterocycles. The van der Waals surface area contributed by atoms with Crippen molar-refractivity contribution in [3.63, 3.8) is 0 Å². The quantitative estimate of drug-likeness (QED) is 0.0684. The topological polar surface area (TPSA) is 200 Å². The van der Waals surface area contributed by atoms with Gasteiger partial charge in [-0.25, -0.2) is 8.42 Å². The van der Waals surface area contributed by atoms with Crippen LogP contribution in [-0.4, -0.2) is 79.3 Å². The molecule has 2 aliphatic rings. The lowest BCUT2D eigenvalue weighted by Gasteiger charge is -2.35. The molecule has 0 unspecified atom stereocenters. The average molecular weight is 536 g/mol. The highest BCUT2D eigenvalue weighted by Gasteiger charge is 2.49. The van der Waals surface area contributed by atoms with Gasteiger partial charge in [-0.15, -0.1) is 0 Å². The van der Waals surface area contributed by atoms with Gasteiger partial charge in [-0.3, -0.25) is 14.6 Å². The summed E-state index contributed by atoms with van der Waals surface area (Å²) in [4.78, 5) is 30.8. The van der Waals surface area contributed by atoms with Crippen molar-refractivity contribution in [1.82, 2.24) is 14.9 Å². The first kappa shape index (κ1) is 28.9. The molecule has 0 radical (unpaired) electrons. The molecule has 0 aromatic heterocycles. The Morgan fingerprint density at radius 1 is 1.11 bits per heavy atom. The Kier molecular flexibility index (Phi) is 9.93. The molecule has 0 spiro atoms. The van der Waals surface area contributed by atoms with Crippen LogP contribution in [0.2, 0.25) is 0 Å². The van der Waals surface area contributed by atoms with Gasteiger partial charge in [-0.2, -0.15) is 4.31 Å². The van der Waals surface area contributed by atoms with Crippen molar-refractivity contribution in [3.05, 3.63) is 30.3 Å². The van der Waals surface area contributed by atoms with Crippen molar-refractivity contribution in [2.24, 2.45) is 21.9 Å². The van der Waals surface area contributed by atoms with E-state index in [1.807, 2.05) is 0 Å². The van der Waals surface area contributed by atoms with Crippen LogP contribution in [0.25, 0.3) is 0 Å². The van der Waals surface area contributed by atoms with Gasteiger partial charge in [0.2, 0.25) is 21.8 Å². The maximum atomic E-state index is 13.4. The summed E-state index contributed by atoms with van der Waals surface area (Å²) in [7, 11) is -5.41. The molecule has 14 heteroatoms. The third-order valence-corrected chi connectivity index (χ3v) is 9.05. The number of carbonyl (C=O) groups is 2. The summed E-state index contributed by atoms with van der Waals surface area (Å²) in [6.07, 6.45) is 3.59. The molecule has 2 fully saturated rings. The summed E-state index contributed by atoms with van der Waals surface area (Å²) in [6, 6.07) is 7.96. The number of amides is 2. The van der Waals surface area contributed by atoms with Gasteiger partial charge in [-0.1, -0.05) is 31.0 Å². The van der Waals surface area contributed by atoms with Gasteiger partial charge in [0.25, 0.3) is 0 Å². The van der Waals surface area contributed by atoms with E-state index in [1.165, 1.54) is 4.31 Å². The van der Waals surface area contributed by atoms with Gasteiger partial charge in [-0.05, 0) is 50.7 Å². The number of hydrogen-bond acceptors (Lipinski definition) is 7. The lowest BCUT2D eigenvalue weighted by atomic mass is 9.75. The predicted molar refractivity (Wildman–Crippen MR) is 139 cm³/mol. The molecule has 0 bridgehead atoms. The molecular formula is C23H37BN6O6S. The second-order valence-corrected chi connectivity index (χ2v) is 11.6. The SMILES string of the molecule is NC(N)=NCCC[C@H](NC(=O)C1(C(=O)NC2CCN(S(=O)(=O)c3ccccc3)CC2)CCCC1)B(O)O. The van der Waals surface area contributed by atoms with Crippen LogP contribution in [0.5, 0.6) is 0 Å². The number of nitrogens with two attached hydrogens (primary N) is 2. The van der Waals surface area contributed by atoms with E-state index in [0.717, 1.165) is 0 Å². The highest BCUT2D eigenvalue weighted by molar-refractivity contribution is 7.89. The van der Waals surface area contributed by atoms with E-state index in [-0.39, 0.29) is 43.0 Å². The largest absolute Gasteiger partial charge is 0.475 e. The standard InChI is InChI=1S/C23H37BN6O6S/c25-22(26)27-14-6-9-19(24(33)34)29-21(32)23(12-4-5-13-23)20(31)28-17-10-15-30(16-11-17)37(35,36)18-7-2-1-3-8-18/h1-3,7-8,17,19,33-34H,4-6,9-16H2,(H,28,31)(H,29,32)(H4,25,26,27)/t19-/m0/s1. The van der Waals surface area contributed by atoms with Crippen molar-refractivity contribution >= 4 is 34.9 Å². The summed E-state index contributed by atoms with van der Waals surface area (Å²) < 4.78 is 27.2. The molecule has 1 aliphatic carbocycles. The number of nitrogens with zero attached hydrogens (tertiary/aromatic N) is 2. The molecular weight excluding hydrogens is 499 g/mol. The van der Waals surface area contributed by atoms with Gasteiger partial charge >= 0.3 is 7.12 Å². The number of nitrogens with one attached hydrogen (secondary N) is 2. The Balaban J connectivity index is 1.59. The van der Waals surface area contributed by atoms with Crippen LogP contribution >= 0.6 is 0 Å². The van der Waals surface area contributed by atoms with E-state index in [0.29, 0.717) is 44.9 Å². The van der Waals surface area contributed by atoms with Crippen LogP contribution in [0, 0.1) is 5.41 Å². The summed E-state index contributed by atoms with van der Waals surface area (Å²) >= 11 is 0. The van der Waals surface area contributed by atoms with Crippen LogP contribution in [-0.2, 0) is 19.6 Å². The smallest absolute Gasteiger partial charge is 0.426 e. The van der Waals surface area contributed by atoms with E-state index >= 15 is 0 Å². The Hall–Kier alpha value is -2.68. The second kappa shape index (κ2) is 12.7. The van der Waals surface area contributed by atoms with Crippen LogP contribution in [0.15, 0.2) is 40.2 Å². The van der Waals surface area contributed by atoms with Crippen LogP contribution in [0.1, 0.15) is 51.4 Å². The summed E-state index contributed by atoms with van der Waals surface area (Å²) in [6.45, 7) is 0.789. The maximum Gasteiger partial charge on any atom is 0.475 e. The molecule has 1 atom stereocenters. The number of hydrogen-bond donors (Lipinski definition) is 6. The Morgan fingerprint density at radius 3 is 2.30 bits per heavy atom. The normalized spacial score (nSPS) is 19.1. The fourth-order valence-electron chi connectivity index (χ4n) is 4.96. The number of guanidine groups is 1. The fourth-order valence-corrected chi connectivity index (χ4v) is 6.45. The minimum absolute atomic E-state index is 0.0739. The van der Waals surface area contributed by atoms with Crippen molar-refractivity contribution < 1.29 is 28.1 Å². The number of sulfonamides is 1. The average Bonchev–Trinajstić information content (AvgIpc) is 3.38. The minimum atomic E-state index is -3.60. The van der Waals surface area contributed by atoms with Crippen molar-refractivity contribution in [1.29, 1.82) is 0 Å². The van der Waals surface area contributed by atoms with E-state index in [2.05, 4.69) is 15.6 Å². The van der Waals surface area contributed by atoms with Crippen LogP contribution < -0.4 is 22.1 Å².